The van der Waals surface area contributed by atoms with Gasteiger partial charge in [-0.3, -0.25) is 0 Å². The molecule has 0 unspecified atom stereocenters. The van der Waals surface area contributed by atoms with Crippen molar-refractivity contribution in [3.8, 4) is 11.5 Å². The average Bonchev–Trinajstić information content (AvgIpc) is 2.53. The first kappa shape index (κ1) is 19.6. The molecule has 0 amide bonds. The van der Waals surface area contributed by atoms with Crippen molar-refractivity contribution >= 4 is 0 Å². The van der Waals surface area contributed by atoms with Crippen LogP contribution in [0.5, 0.6) is 11.5 Å². The third kappa shape index (κ3) is 4.26. The first-order chi connectivity index (χ1) is 11.7. The molecule has 0 aliphatic carbocycles. The van der Waals surface area contributed by atoms with Crippen LogP contribution in [0.4, 0.5) is 0 Å². The monoisotopic (exact) mass is 338 g/mol. The molecular formula is C24H34O. The largest absolute Gasteiger partial charge is 0.457 e. The van der Waals surface area contributed by atoms with Crippen LogP contribution in [0, 0.1) is 0 Å². The van der Waals surface area contributed by atoms with Crippen LogP contribution in [-0.2, 0) is 0 Å². The quantitative estimate of drug-likeness (QED) is 0.519. The number of hydrogen-bond donors (Lipinski definition) is 0. The molecule has 0 heterocycles. The normalized spacial score (nSPS) is 11.8. The standard InChI is InChI=1S/C24H34O/c1-15(2)20-14-21(25-19-12-10-9-11-13-19)23(17(5)6)24(18(7)8)22(20)16(3)4/h9-18H,1-8H3. The zero-order valence-corrected chi connectivity index (χ0v) is 17.2. The molecule has 2 aromatic rings. The Kier molecular flexibility index (Phi) is 6.32. The molecule has 0 atom stereocenters. The smallest absolute Gasteiger partial charge is 0.131 e. The molecular weight excluding hydrogens is 304 g/mol. The number of hydrogen-bond acceptors (Lipinski definition) is 1. The summed E-state index contributed by atoms with van der Waals surface area (Å²) in [5.41, 5.74) is 5.80. The fourth-order valence-corrected chi connectivity index (χ4v) is 3.77. The minimum atomic E-state index is 0.426. The van der Waals surface area contributed by atoms with Crippen LogP contribution >= 0.6 is 0 Å². The number of para-hydroxylation sites is 1. The number of rotatable bonds is 6. The van der Waals surface area contributed by atoms with Crippen LogP contribution in [0.2, 0.25) is 0 Å². The van der Waals surface area contributed by atoms with Crippen molar-refractivity contribution in [2.75, 3.05) is 0 Å². The Morgan fingerprint density at radius 3 is 1.56 bits per heavy atom. The van der Waals surface area contributed by atoms with Gasteiger partial charge in [0.2, 0.25) is 0 Å². The maximum Gasteiger partial charge on any atom is 0.131 e. The van der Waals surface area contributed by atoms with E-state index in [0.717, 1.165) is 11.5 Å². The maximum absolute atomic E-state index is 6.39. The van der Waals surface area contributed by atoms with Gasteiger partial charge in [0.05, 0.1) is 0 Å². The van der Waals surface area contributed by atoms with Crippen LogP contribution in [0.25, 0.3) is 0 Å². The van der Waals surface area contributed by atoms with E-state index in [1.807, 2.05) is 30.3 Å². The minimum absolute atomic E-state index is 0.426. The lowest BCUT2D eigenvalue weighted by Crippen LogP contribution is -2.11. The van der Waals surface area contributed by atoms with Gasteiger partial charge < -0.3 is 4.74 Å². The van der Waals surface area contributed by atoms with Crippen LogP contribution < -0.4 is 4.74 Å². The Bertz CT molecular complexity index is 694. The van der Waals surface area contributed by atoms with Crippen LogP contribution in [0.3, 0.4) is 0 Å². The van der Waals surface area contributed by atoms with E-state index in [-0.39, 0.29) is 0 Å². The molecule has 136 valence electrons. The van der Waals surface area contributed by atoms with Gasteiger partial charge in [-0.05, 0) is 58.6 Å². The summed E-state index contributed by atoms with van der Waals surface area (Å²) < 4.78 is 6.39. The molecule has 1 nitrogen and oxygen atoms in total. The Balaban J connectivity index is 2.77. The van der Waals surface area contributed by atoms with Gasteiger partial charge in [0.15, 0.2) is 0 Å². The van der Waals surface area contributed by atoms with Gasteiger partial charge in [0.1, 0.15) is 11.5 Å². The van der Waals surface area contributed by atoms with E-state index >= 15 is 0 Å². The molecule has 25 heavy (non-hydrogen) atoms. The molecule has 0 fully saturated rings. The predicted molar refractivity (Wildman–Crippen MR) is 109 cm³/mol. The van der Waals surface area contributed by atoms with Crippen LogP contribution in [-0.4, -0.2) is 0 Å². The van der Waals surface area contributed by atoms with E-state index in [2.05, 4.69) is 61.5 Å². The van der Waals surface area contributed by atoms with Crippen molar-refractivity contribution in [3.05, 3.63) is 58.7 Å². The lowest BCUT2D eigenvalue weighted by Gasteiger charge is -2.29. The molecule has 1 heteroatoms. The zero-order valence-electron chi connectivity index (χ0n) is 17.2. The van der Waals surface area contributed by atoms with Gasteiger partial charge in [-0.15, -0.1) is 0 Å². The highest BCUT2D eigenvalue weighted by molar-refractivity contribution is 5.55. The zero-order chi connectivity index (χ0) is 18.7. The maximum atomic E-state index is 6.39. The molecule has 0 aromatic heterocycles. The summed E-state index contributed by atoms with van der Waals surface area (Å²) in [6, 6.07) is 12.4. The molecule has 0 aliphatic heterocycles. The van der Waals surface area contributed by atoms with Gasteiger partial charge in [-0.2, -0.15) is 0 Å². The molecule has 0 bridgehead atoms. The molecule has 0 spiro atoms. The van der Waals surface area contributed by atoms with E-state index in [1.165, 1.54) is 22.3 Å². The van der Waals surface area contributed by atoms with Crippen molar-refractivity contribution in [1.82, 2.24) is 0 Å². The highest BCUT2D eigenvalue weighted by Crippen LogP contribution is 2.44. The second-order valence-electron chi connectivity index (χ2n) is 8.24. The van der Waals surface area contributed by atoms with E-state index < -0.39 is 0 Å². The SMILES string of the molecule is CC(C)c1cc(Oc2ccccc2)c(C(C)C)c(C(C)C)c1C(C)C. The van der Waals surface area contributed by atoms with Gasteiger partial charge in [-0.1, -0.05) is 73.6 Å². The third-order valence-electron chi connectivity index (χ3n) is 4.77. The van der Waals surface area contributed by atoms with E-state index in [1.54, 1.807) is 0 Å². The molecule has 2 aromatic carbocycles. The summed E-state index contributed by atoms with van der Waals surface area (Å²) in [5, 5.41) is 0. The van der Waals surface area contributed by atoms with Crippen molar-refractivity contribution < 1.29 is 4.74 Å². The van der Waals surface area contributed by atoms with Gasteiger partial charge in [0, 0.05) is 5.56 Å². The predicted octanol–water partition coefficient (Wildman–Crippen LogP) is 7.97. The van der Waals surface area contributed by atoms with Crippen molar-refractivity contribution in [1.29, 1.82) is 0 Å². The lowest BCUT2D eigenvalue weighted by molar-refractivity contribution is 0.468. The Morgan fingerprint density at radius 1 is 0.600 bits per heavy atom. The molecule has 0 aliphatic rings. The summed E-state index contributed by atoms with van der Waals surface area (Å²) in [4.78, 5) is 0. The summed E-state index contributed by atoms with van der Waals surface area (Å²) in [6.07, 6.45) is 0. The molecule has 0 saturated heterocycles. The highest BCUT2D eigenvalue weighted by Gasteiger charge is 2.25. The Hall–Kier alpha value is -1.76. The summed E-state index contributed by atoms with van der Waals surface area (Å²) in [6.45, 7) is 18.4. The topological polar surface area (TPSA) is 9.23 Å². The minimum Gasteiger partial charge on any atom is -0.457 e. The number of benzene rings is 2. The van der Waals surface area contributed by atoms with Crippen LogP contribution in [0.1, 0.15) is 101 Å². The molecule has 0 radical (unpaired) electrons. The summed E-state index contributed by atoms with van der Waals surface area (Å²) in [7, 11) is 0. The second-order valence-corrected chi connectivity index (χ2v) is 8.24. The molecule has 0 saturated carbocycles. The number of ether oxygens (including phenoxy) is 1. The fourth-order valence-electron chi connectivity index (χ4n) is 3.77. The van der Waals surface area contributed by atoms with E-state index in [0.29, 0.717) is 23.7 Å². The average molecular weight is 339 g/mol. The second kappa shape index (κ2) is 8.08. The van der Waals surface area contributed by atoms with E-state index in [9.17, 15) is 0 Å². The first-order valence-corrected chi connectivity index (χ1v) is 9.67. The molecule has 0 N–H and O–H groups in total. The lowest BCUT2D eigenvalue weighted by atomic mass is 9.78. The third-order valence-corrected chi connectivity index (χ3v) is 4.77. The van der Waals surface area contributed by atoms with Crippen molar-refractivity contribution in [2.45, 2.75) is 79.1 Å². The van der Waals surface area contributed by atoms with Gasteiger partial charge >= 0.3 is 0 Å². The fraction of sp³-hybridized carbons (Fsp3) is 0.500. The van der Waals surface area contributed by atoms with Crippen molar-refractivity contribution in [2.24, 2.45) is 0 Å². The van der Waals surface area contributed by atoms with Crippen molar-refractivity contribution in [3.63, 3.8) is 0 Å². The summed E-state index contributed by atoms with van der Waals surface area (Å²) >= 11 is 0. The van der Waals surface area contributed by atoms with Crippen LogP contribution in [0.15, 0.2) is 36.4 Å². The van der Waals surface area contributed by atoms with E-state index in [4.69, 9.17) is 4.74 Å². The highest BCUT2D eigenvalue weighted by atomic mass is 16.5. The molecule has 2 rings (SSSR count). The Morgan fingerprint density at radius 2 is 1.12 bits per heavy atom. The summed E-state index contributed by atoms with van der Waals surface area (Å²) in [5.74, 6) is 3.83. The van der Waals surface area contributed by atoms with Gasteiger partial charge in [-0.25, -0.2) is 0 Å². The Labute approximate surface area is 154 Å². The van der Waals surface area contributed by atoms with Gasteiger partial charge in [0.25, 0.3) is 0 Å². The first-order valence-electron chi connectivity index (χ1n) is 9.67.